The predicted octanol–water partition coefficient (Wildman–Crippen LogP) is 3.24. The van der Waals surface area contributed by atoms with E-state index >= 15 is 0 Å². The van der Waals surface area contributed by atoms with Crippen molar-refractivity contribution >= 4 is 24.3 Å². The standard InChI is InChI=1S/C21H26N6O2.ClH/c1-14-19(15-6-4-3-5-7-15)29-18(23-14)9-8-17(28)24-21-25-20(26-27(21)2)16-10-12-22-13-11-16;/h3-7,16,22H,8-13H2,1-2H3,(H,24,25,26,28);1H. The van der Waals surface area contributed by atoms with Crippen LogP contribution in [0, 0.1) is 6.92 Å². The lowest BCUT2D eigenvalue weighted by atomic mass is 9.98. The molecule has 160 valence electrons. The first kappa shape index (κ1) is 22.0. The van der Waals surface area contributed by atoms with Gasteiger partial charge in [-0.25, -0.2) is 9.67 Å². The summed E-state index contributed by atoms with van der Waals surface area (Å²) >= 11 is 0. The Kier molecular flexibility index (Phi) is 7.23. The monoisotopic (exact) mass is 430 g/mol. The molecule has 0 unspecified atom stereocenters. The topological polar surface area (TPSA) is 97.9 Å². The number of oxazole rings is 1. The average molecular weight is 431 g/mol. The second-order valence-corrected chi connectivity index (χ2v) is 7.38. The molecule has 8 nitrogen and oxygen atoms in total. The number of anilines is 1. The van der Waals surface area contributed by atoms with E-state index in [9.17, 15) is 4.79 Å². The minimum Gasteiger partial charge on any atom is -0.440 e. The molecule has 3 heterocycles. The van der Waals surface area contributed by atoms with Crippen LogP contribution in [0.15, 0.2) is 34.7 Å². The van der Waals surface area contributed by atoms with Crippen molar-refractivity contribution in [1.82, 2.24) is 25.1 Å². The molecule has 2 N–H and O–H groups in total. The van der Waals surface area contributed by atoms with Crippen LogP contribution in [0.1, 0.15) is 42.6 Å². The zero-order valence-corrected chi connectivity index (χ0v) is 18.0. The van der Waals surface area contributed by atoms with Crippen molar-refractivity contribution in [3.63, 3.8) is 0 Å². The summed E-state index contributed by atoms with van der Waals surface area (Å²) in [6.07, 6.45) is 2.73. The van der Waals surface area contributed by atoms with Gasteiger partial charge in [-0.1, -0.05) is 30.3 Å². The number of nitrogens with one attached hydrogen (secondary N) is 2. The normalized spacial score (nSPS) is 14.3. The van der Waals surface area contributed by atoms with Gasteiger partial charge in [-0.05, 0) is 32.9 Å². The smallest absolute Gasteiger partial charge is 0.227 e. The van der Waals surface area contributed by atoms with Crippen LogP contribution in [0.25, 0.3) is 11.3 Å². The molecule has 0 spiro atoms. The van der Waals surface area contributed by atoms with Crippen LogP contribution in [-0.2, 0) is 18.3 Å². The maximum absolute atomic E-state index is 12.4. The molecular formula is C21H27ClN6O2. The van der Waals surface area contributed by atoms with E-state index in [-0.39, 0.29) is 24.7 Å². The number of halogens is 1. The fourth-order valence-corrected chi connectivity index (χ4v) is 3.59. The number of hydrogen-bond donors (Lipinski definition) is 2. The minimum atomic E-state index is -0.130. The Morgan fingerprint density at radius 1 is 1.23 bits per heavy atom. The van der Waals surface area contributed by atoms with Gasteiger partial charge in [0.05, 0.1) is 5.69 Å². The van der Waals surface area contributed by atoms with Crippen LogP contribution in [0.5, 0.6) is 0 Å². The molecule has 1 aromatic carbocycles. The average Bonchev–Trinajstić information content (AvgIpc) is 3.30. The first-order valence-corrected chi connectivity index (χ1v) is 10.0. The molecule has 30 heavy (non-hydrogen) atoms. The number of aromatic nitrogens is 4. The highest BCUT2D eigenvalue weighted by Gasteiger charge is 2.21. The van der Waals surface area contributed by atoms with Gasteiger partial charge in [0.15, 0.2) is 17.5 Å². The third kappa shape index (κ3) is 5.06. The van der Waals surface area contributed by atoms with Crippen molar-refractivity contribution in [1.29, 1.82) is 0 Å². The van der Waals surface area contributed by atoms with Gasteiger partial charge in [0, 0.05) is 31.4 Å². The van der Waals surface area contributed by atoms with Crippen LogP contribution < -0.4 is 10.6 Å². The summed E-state index contributed by atoms with van der Waals surface area (Å²) in [6.45, 7) is 3.87. The summed E-state index contributed by atoms with van der Waals surface area (Å²) in [5.41, 5.74) is 1.81. The van der Waals surface area contributed by atoms with Crippen LogP contribution in [0.3, 0.4) is 0 Å². The largest absolute Gasteiger partial charge is 0.440 e. The van der Waals surface area contributed by atoms with Gasteiger partial charge in [0.1, 0.15) is 0 Å². The molecule has 1 saturated heterocycles. The van der Waals surface area contributed by atoms with Gasteiger partial charge in [0.25, 0.3) is 0 Å². The Bertz CT molecular complexity index is 979. The fourth-order valence-electron chi connectivity index (χ4n) is 3.59. The van der Waals surface area contributed by atoms with Crippen LogP contribution in [-0.4, -0.2) is 38.7 Å². The van der Waals surface area contributed by atoms with Crippen molar-refractivity contribution in [3.8, 4) is 11.3 Å². The molecule has 0 atom stereocenters. The molecule has 1 fully saturated rings. The molecule has 0 aliphatic carbocycles. The zero-order chi connectivity index (χ0) is 20.2. The summed E-state index contributed by atoms with van der Waals surface area (Å²) in [6, 6.07) is 9.85. The predicted molar refractivity (Wildman–Crippen MR) is 117 cm³/mol. The molecular weight excluding hydrogens is 404 g/mol. The minimum absolute atomic E-state index is 0. The van der Waals surface area contributed by atoms with Gasteiger partial charge in [-0.3, -0.25) is 10.1 Å². The fraction of sp³-hybridized carbons (Fsp3) is 0.429. The van der Waals surface area contributed by atoms with Crippen LogP contribution in [0.4, 0.5) is 5.95 Å². The Hall–Kier alpha value is -2.71. The number of benzene rings is 1. The summed E-state index contributed by atoms with van der Waals surface area (Å²) in [5.74, 6) is 2.82. The Morgan fingerprint density at radius 3 is 2.70 bits per heavy atom. The van der Waals surface area contributed by atoms with Crippen LogP contribution in [0.2, 0.25) is 0 Å². The van der Waals surface area contributed by atoms with Crippen molar-refractivity contribution in [2.45, 2.75) is 38.5 Å². The molecule has 2 aromatic heterocycles. The summed E-state index contributed by atoms with van der Waals surface area (Å²) in [4.78, 5) is 21.4. The molecule has 0 radical (unpaired) electrons. The highest BCUT2D eigenvalue weighted by Crippen LogP contribution is 2.25. The van der Waals surface area contributed by atoms with Gasteiger partial charge in [-0.2, -0.15) is 10.1 Å². The van der Waals surface area contributed by atoms with E-state index in [1.165, 1.54) is 0 Å². The highest BCUT2D eigenvalue weighted by atomic mass is 35.5. The number of hydrogen-bond acceptors (Lipinski definition) is 6. The van der Waals surface area contributed by atoms with E-state index in [1.54, 1.807) is 11.7 Å². The lowest BCUT2D eigenvalue weighted by Gasteiger charge is -2.19. The molecule has 4 rings (SSSR count). The maximum Gasteiger partial charge on any atom is 0.227 e. The Labute approximate surface area is 181 Å². The van der Waals surface area contributed by atoms with E-state index < -0.39 is 0 Å². The first-order valence-electron chi connectivity index (χ1n) is 10.0. The molecule has 0 bridgehead atoms. The number of carbonyl (C=O) groups excluding carboxylic acids is 1. The Morgan fingerprint density at radius 2 is 1.97 bits per heavy atom. The SMILES string of the molecule is Cc1nc(CCC(=O)Nc2nc(C3CCNCC3)nn2C)oc1-c1ccccc1.Cl. The van der Waals surface area contributed by atoms with Gasteiger partial charge in [-0.15, -0.1) is 12.4 Å². The number of piperidine rings is 1. The third-order valence-electron chi connectivity index (χ3n) is 5.18. The van der Waals surface area contributed by atoms with Crippen LogP contribution >= 0.6 is 12.4 Å². The quantitative estimate of drug-likeness (QED) is 0.623. The highest BCUT2D eigenvalue weighted by molar-refractivity contribution is 5.89. The van der Waals surface area contributed by atoms with Crippen molar-refractivity contribution in [3.05, 3.63) is 47.7 Å². The molecule has 1 aliphatic rings. The second kappa shape index (κ2) is 9.86. The number of rotatable bonds is 6. The van der Waals surface area contributed by atoms with E-state index in [0.717, 1.165) is 48.8 Å². The lowest BCUT2D eigenvalue weighted by molar-refractivity contribution is -0.116. The lowest BCUT2D eigenvalue weighted by Crippen LogP contribution is -2.27. The summed E-state index contributed by atoms with van der Waals surface area (Å²) < 4.78 is 7.52. The zero-order valence-electron chi connectivity index (χ0n) is 17.2. The van der Waals surface area contributed by atoms with Crippen molar-refractivity contribution in [2.24, 2.45) is 7.05 Å². The van der Waals surface area contributed by atoms with Crippen molar-refractivity contribution in [2.75, 3.05) is 18.4 Å². The molecule has 1 amide bonds. The number of amides is 1. The molecule has 1 aliphatic heterocycles. The number of carbonyl (C=O) groups is 1. The molecule has 0 saturated carbocycles. The maximum atomic E-state index is 12.4. The van der Waals surface area contributed by atoms with E-state index in [2.05, 4.69) is 25.7 Å². The summed E-state index contributed by atoms with van der Waals surface area (Å²) in [7, 11) is 1.80. The summed E-state index contributed by atoms with van der Waals surface area (Å²) in [5, 5.41) is 10.7. The van der Waals surface area contributed by atoms with Gasteiger partial charge < -0.3 is 9.73 Å². The molecule has 9 heteroatoms. The van der Waals surface area contributed by atoms with Gasteiger partial charge in [0.2, 0.25) is 11.9 Å². The van der Waals surface area contributed by atoms with E-state index in [0.29, 0.717) is 24.2 Å². The van der Waals surface area contributed by atoms with E-state index in [1.807, 2.05) is 37.3 Å². The number of aryl methyl sites for hydroxylation is 3. The Balaban J connectivity index is 0.00000256. The van der Waals surface area contributed by atoms with Crippen molar-refractivity contribution < 1.29 is 9.21 Å². The first-order chi connectivity index (χ1) is 14.1. The van der Waals surface area contributed by atoms with E-state index in [4.69, 9.17) is 4.42 Å². The van der Waals surface area contributed by atoms with Gasteiger partial charge >= 0.3 is 0 Å². The second-order valence-electron chi connectivity index (χ2n) is 7.38. The molecule has 3 aromatic rings. The third-order valence-corrected chi connectivity index (χ3v) is 5.18. The number of nitrogens with zero attached hydrogens (tertiary/aromatic N) is 4.